The Labute approximate surface area is 166 Å². The van der Waals surface area contributed by atoms with E-state index in [0.717, 1.165) is 38.4 Å². The topological polar surface area (TPSA) is 57.5 Å². The summed E-state index contributed by atoms with van der Waals surface area (Å²) in [4.78, 5) is 6.81. The van der Waals surface area contributed by atoms with Crippen LogP contribution < -0.4 is 15.5 Å². The molecule has 1 unspecified atom stereocenters. The maximum Gasteiger partial charge on any atom is 0.191 e. The van der Waals surface area contributed by atoms with E-state index in [0.29, 0.717) is 6.04 Å². The van der Waals surface area contributed by atoms with Crippen LogP contribution in [0.5, 0.6) is 0 Å². The Morgan fingerprint density at radius 2 is 2.07 bits per heavy atom. The van der Waals surface area contributed by atoms with Crippen molar-refractivity contribution in [3.63, 3.8) is 0 Å². The smallest absolute Gasteiger partial charge is 0.191 e. The van der Waals surface area contributed by atoms with Crippen LogP contribution in [0.3, 0.4) is 0 Å². The molecule has 0 bridgehead atoms. The fraction of sp³-hybridized carbons (Fsp3) is 0.364. The second kappa shape index (κ2) is 8.33. The number of aryl methyl sites for hydroxylation is 1. The number of aliphatic imine (C=N–C) groups is 1. The van der Waals surface area contributed by atoms with Gasteiger partial charge in [-0.15, -0.1) is 0 Å². The van der Waals surface area contributed by atoms with Crippen LogP contribution in [0.15, 0.2) is 59.9 Å². The number of benzene rings is 2. The van der Waals surface area contributed by atoms with Gasteiger partial charge in [-0.3, -0.25) is 9.67 Å². The number of guanidine groups is 1. The molecule has 1 aliphatic heterocycles. The van der Waals surface area contributed by atoms with Gasteiger partial charge in [-0.25, -0.2) is 0 Å². The lowest BCUT2D eigenvalue weighted by molar-refractivity contribution is 0.468. The second-order valence-electron chi connectivity index (χ2n) is 7.41. The van der Waals surface area contributed by atoms with Crippen LogP contribution in [-0.4, -0.2) is 41.9 Å². The van der Waals surface area contributed by atoms with Crippen LogP contribution >= 0.6 is 0 Å². The Bertz CT molecular complexity index is 960. The molecule has 0 amide bonds. The molecule has 0 aliphatic carbocycles. The minimum absolute atomic E-state index is 0.372. The van der Waals surface area contributed by atoms with Crippen LogP contribution in [0, 0.1) is 0 Å². The normalized spacial score (nSPS) is 17.7. The largest absolute Gasteiger partial charge is 0.367 e. The van der Waals surface area contributed by atoms with Crippen molar-refractivity contribution < 1.29 is 0 Å². The molecule has 28 heavy (non-hydrogen) atoms. The Hall–Kier alpha value is -3.02. The Morgan fingerprint density at radius 1 is 1.21 bits per heavy atom. The monoisotopic (exact) mass is 376 g/mol. The van der Waals surface area contributed by atoms with Gasteiger partial charge in [-0.1, -0.05) is 36.4 Å². The first kappa shape index (κ1) is 18.3. The zero-order valence-corrected chi connectivity index (χ0v) is 16.6. The first-order chi connectivity index (χ1) is 13.7. The molecule has 1 aliphatic rings. The van der Waals surface area contributed by atoms with Crippen molar-refractivity contribution in [2.75, 3.05) is 25.0 Å². The molecule has 1 fully saturated rings. The molecule has 6 heteroatoms. The predicted molar refractivity (Wildman–Crippen MR) is 116 cm³/mol. The zero-order chi connectivity index (χ0) is 19.3. The third kappa shape index (κ3) is 4.27. The number of aromatic nitrogens is 2. The van der Waals surface area contributed by atoms with Gasteiger partial charge in [0.25, 0.3) is 0 Å². The van der Waals surface area contributed by atoms with Gasteiger partial charge in [0.1, 0.15) is 0 Å². The van der Waals surface area contributed by atoms with Gasteiger partial charge in [0.05, 0.1) is 11.9 Å². The van der Waals surface area contributed by atoms with Crippen molar-refractivity contribution in [3.05, 3.63) is 60.4 Å². The van der Waals surface area contributed by atoms with E-state index in [4.69, 9.17) is 0 Å². The maximum atomic E-state index is 4.42. The van der Waals surface area contributed by atoms with Crippen molar-refractivity contribution in [1.29, 1.82) is 0 Å². The minimum Gasteiger partial charge on any atom is -0.367 e. The Balaban J connectivity index is 1.34. The number of hydrogen-bond donors (Lipinski definition) is 2. The molecule has 6 nitrogen and oxygen atoms in total. The number of anilines is 1. The summed E-state index contributed by atoms with van der Waals surface area (Å²) in [6, 6.07) is 15.4. The van der Waals surface area contributed by atoms with Crippen molar-refractivity contribution in [1.82, 2.24) is 20.4 Å². The third-order valence-corrected chi connectivity index (χ3v) is 5.32. The lowest BCUT2D eigenvalue weighted by Crippen LogP contribution is -2.51. The molecule has 1 saturated heterocycles. The van der Waals surface area contributed by atoms with Crippen LogP contribution in [0.1, 0.15) is 18.4 Å². The standard InChI is InChI=1S/C22H28N6/c1-23-22(24-13-17-9-10-18-6-3-4-7-19(18)12-17)26-20-8-5-11-28(15-20)21-14-25-27(2)16-21/h3-4,6-7,9-10,12,14,16,20H,5,8,11,13,15H2,1-2H3,(H2,23,24,26). The molecular weight excluding hydrogens is 348 g/mol. The predicted octanol–water partition coefficient (Wildman–Crippen LogP) is 2.91. The van der Waals surface area contributed by atoms with Crippen molar-refractivity contribution in [3.8, 4) is 0 Å². The third-order valence-electron chi connectivity index (χ3n) is 5.32. The van der Waals surface area contributed by atoms with Gasteiger partial charge < -0.3 is 15.5 Å². The van der Waals surface area contributed by atoms with Gasteiger partial charge in [-0.2, -0.15) is 5.10 Å². The molecule has 2 heterocycles. The van der Waals surface area contributed by atoms with Gasteiger partial charge in [0.2, 0.25) is 0 Å². The Morgan fingerprint density at radius 3 is 2.86 bits per heavy atom. The first-order valence-electron chi connectivity index (χ1n) is 9.90. The van der Waals surface area contributed by atoms with E-state index in [9.17, 15) is 0 Å². The number of piperidine rings is 1. The number of nitrogens with zero attached hydrogens (tertiary/aromatic N) is 4. The number of fused-ring (bicyclic) bond motifs is 1. The van der Waals surface area contributed by atoms with Crippen LogP contribution in [0.2, 0.25) is 0 Å². The van der Waals surface area contributed by atoms with E-state index in [2.05, 4.69) is 74.3 Å². The second-order valence-corrected chi connectivity index (χ2v) is 7.41. The summed E-state index contributed by atoms with van der Waals surface area (Å²) in [6.07, 6.45) is 6.33. The average Bonchev–Trinajstić information content (AvgIpc) is 3.17. The summed E-state index contributed by atoms with van der Waals surface area (Å²) in [7, 11) is 3.79. The summed E-state index contributed by atoms with van der Waals surface area (Å²) < 4.78 is 1.86. The highest BCUT2D eigenvalue weighted by Gasteiger charge is 2.21. The van der Waals surface area contributed by atoms with Gasteiger partial charge in [0, 0.05) is 46.0 Å². The van der Waals surface area contributed by atoms with E-state index in [1.165, 1.54) is 22.0 Å². The molecule has 0 spiro atoms. The first-order valence-corrected chi connectivity index (χ1v) is 9.90. The lowest BCUT2D eigenvalue weighted by atomic mass is 10.1. The van der Waals surface area contributed by atoms with E-state index < -0.39 is 0 Å². The molecule has 1 aromatic heterocycles. The summed E-state index contributed by atoms with van der Waals surface area (Å²) >= 11 is 0. The number of rotatable bonds is 4. The van der Waals surface area contributed by atoms with E-state index in [1.807, 2.05) is 25.0 Å². The van der Waals surface area contributed by atoms with Crippen molar-refractivity contribution in [2.45, 2.75) is 25.4 Å². The lowest BCUT2D eigenvalue weighted by Gasteiger charge is -2.34. The maximum absolute atomic E-state index is 4.42. The average molecular weight is 377 g/mol. The molecule has 0 saturated carbocycles. The SMILES string of the molecule is CN=C(NCc1ccc2ccccc2c1)NC1CCCN(c2cnn(C)c2)C1. The minimum atomic E-state index is 0.372. The van der Waals surface area contributed by atoms with Crippen molar-refractivity contribution >= 4 is 22.4 Å². The molecule has 3 aromatic rings. The van der Waals surface area contributed by atoms with Gasteiger partial charge in [0.15, 0.2) is 5.96 Å². The summed E-state index contributed by atoms with van der Waals surface area (Å²) in [6.45, 7) is 2.79. The zero-order valence-electron chi connectivity index (χ0n) is 16.6. The molecular formula is C22H28N6. The summed E-state index contributed by atoms with van der Waals surface area (Å²) in [5, 5.41) is 13.9. The highest BCUT2D eigenvalue weighted by atomic mass is 15.3. The fourth-order valence-electron chi connectivity index (χ4n) is 3.82. The van der Waals surface area contributed by atoms with Crippen LogP contribution in [-0.2, 0) is 13.6 Å². The number of nitrogens with one attached hydrogen (secondary N) is 2. The van der Waals surface area contributed by atoms with Crippen LogP contribution in [0.4, 0.5) is 5.69 Å². The molecule has 0 radical (unpaired) electrons. The molecule has 1 atom stereocenters. The fourth-order valence-corrected chi connectivity index (χ4v) is 3.82. The van der Waals surface area contributed by atoms with Crippen LogP contribution in [0.25, 0.3) is 10.8 Å². The summed E-state index contributed by atoms with van der Waals surface area (Å²) in [5.41, 5.74) is 2.44. The highest BCUT2D eigenvalue weighted by Crippen LogP contribution is 2.19. The van der Waals surface area contributed by atoms with Crippen molar-refractivity contribution in [2.24, 2.45) is 12.0 Å². The van der Waals surface area contributed by atoms with E-state index in [1.54, 1.807) is 0 Å². The quantitative estimate of drug-likeness (QED) is 0.543. The Kier molecular flexibility index (Phi) is 5.46. The highest BCUT2D eigenvalue weighted by molar-refractivity contribution is 5.83. The summed E-state index contributed by atoms with van der Waals surface area (Å²) in [5.74, 6) is 0.853. The van der Waals surface area contributed by atoms with E-state index in [-0.39, 0.29) is 0 Å². The molecule has 146 valence electrons. The molecule has 2 aromatic carbocycles. The van der Waals surface area contributed by atoms with E-state index >= 15 is 0 Å². The molecule has 4 rings (SSSR count). The number of hydrogen-bond acceptors (Lipinski definition) is 3. The molecule has 2 N–H and O–H groups in total. The van der Waals surface area contributed by atoms with Gasteiger partial charge in [-0.05, 0) is 35.2 Å². The van der Waals surface area contributed by atoms with Gasteiger partial charge >= 0.3 is 0 Å².